The Morgan fingerprint density at radius 3 is 2.11 bits per heavy atom. The fraction of sp³-hybridized carbons (Fsp3) is 0.294. The molecule has 2 aromatic carbocycles. The van der Waals surface area contributed by atoms with Gasteiger partial charge in [0.25, 0.3) is 0 Å². The molecular formula is C17H19N. The van der Waals surface area contributed by atoms with Crippen molar-refractivity contribution >= 4 is 0 Å². The predicted molar refractivity (Wildman–Crippen MR) is 76.2 cm³/mol. The number of hydrogen-bond donors (Lipinski definition) is 1. The SMILES string of the molecule is NC1(c2ccccc2-c2ccccc2)CCCC1. The molecule has 0 spiro atoms. The van der Waals surface area contributed by atoms with E-state index in [9.17, 15) is 0 Å². The molecule has 0 unspecified atom stereocenters. The van der Waals surface area contributed by atoms with E-state index in [0.29, 0.717) is 0 Å². The third-order valence-electron chi connectivity index (χ3n) is 4.04. The van der Waals surface area contributed by atoms with Crippen LogP contribution in [0.25, 0.3) is 11.1 Å². The van der Waals surface area contributed by atoms with Crippen LogP contribution in [0.5, 0.6) is 0 Å². The molecule has 1 heteroatoms. The lowest BCUT2D eigenvalue weighted by molar-refractivity contribution is 0.463. The molecule has 1 aliphatic rings. The summed E-state index contributed by atoms with van der Waals surface area (Å²) in [6.07, 6.45) is 4.72. The number of rotatable bonds is 2. The summed E-state index contributed by atoms with van der Waals surface area (Å²) in [5, 5.41) is 0. The van der Waals surface area contributed by atoms with Gasteiger partial charge in [0.15, 0.2) is 0 Å². The number of nitrogens with two attached hydrogens (primary N) is 1. The molecule has 3 rings (SSSR count). The summed E-state index contributed by atoms with van der Waals surface area (Å²) in [4.78, 5) is 0. The van der Waals surface area contributed by atoms with Gasteiger partial charge in [-0.3, -0.25) is 0 Å². The molecule has 1 nitrogen and oxygen atoms in total. The second-order valence-corrected chi connectivity index (χ2v) is 5.27. The quantitative estimate of drug-likeness (QED) is 0.836. The van der Waals surface area contributed by atoms with E-state index >= 15 is 0 Å². The van der Waals surface area contributed by atoms with E-state index in [1.165, 1.54) is 29.5 Å². The molecule has 0 aromatic heterocycles. The highest BCUT2D eigenvalue weighted by Crippen LogP contribution is 2.40. The highest BCUT2D eigenvalue weighted by atomic mass is 14.8. The summed E-state index contributed by atoms with van der Waals surface area (Å²) in [5.41, 5.74) is 10.4. The van der Waals surface area contributed by atoms with E-state index in [-0.39, 0.29) is 5.54 Å². The van der Waals surface area contributed by atoms with Crippen LogP contribution < -0.4 is 5.73 Å². The number of hydrogen-bond acceptors (Lipinski definition) is 1. The molecular weight excluding hydrogens is 218 g/mol. The zero-order valence-corrected chi connectivity index (χ0v) is 10.6. The molecule has 18 heavy (non-hydrogen) atoms. The third kappa shape index (κ3) is 1.95. The smallest absolute Gasteiger partial charge is 0.0415 e. The van der Waals surface area contributed by atoms with Gasteiger partial charge in [0, 0.05) is 5.54 Å². The van der Waals surface area contributed by atoms with Crippen molar-refractivity contribution < 1.29 is 0 Å². The van der Waals surface area contributed by atoms with Crippen LogP contribution >= 0.6 is 0 Å². The molecule has 92 valence electrons. The average molecular weight is 237 g/mol. The van der Waals surface area contributed by atoms with Gasteiger partial charge in [0.05, 0.1) is 0 Å². The lowest BCUT2D eigenvalue weighted by Crippen LogP contribution is -2.33. The van der Waals surface area contributed by atoms with Crippen molar-refractivity contribution in [2.45, 2.75) is 31.2 Å². The van der Waals surface area contributed by atoms with Crippen molar-refractivity contribution in [2.24, 2.45) is 5.73 Å². The first-order valence-corrected chi connectivity index (χ1v) is 6.73. The Labute approximate surface area is 109 Å². The normalized spacial score (nSPS) is 17.8. The van der Waals surface area contributed by atoms with Crippen LogP contribution in [0.4, 0.5) is 0 Å². The molecule has 0 amide bonds. The zero-order valence-electron chi connectivity index (χ0n) is 10.6. The summed E-state index contributed by atoms with van der Waals surface area (Å²) in [6, 6.07) is 19.2. The van der Waals surface area contributed by atoms with E-state index in [2.05, 4.69) is 54.6 Å². The Morgan fingerprint density at radius 2 is 1.39 bits per heavy atom. The average Bonchev–Trinajstić information content (AvgIpc) is 2.88. The standard InChI is InChI=1S/C17H19N/c18-17(12-6-7-13-17)16-11-5-4-10-15(16)14-8-2-1-3-9-14/h1-5,8-11H,6-7,12-13,18H2. The Morgan fingerprint density at radius 1 is 0.778 bits per heavy atom. The maximum Gasteiger partial charge on any atom is 0.0415 e. The monoisotopic (exact) mass is 237 g/mol. The van der Waals surface area contributed by atoms with Crippen LogP contribution in [0, 0.1) is 0 Å². The predicted octanol–water partition coefficient (Wildman–Crippen LogP) is 4.08. The molecule has 0 heterocycles. The number of benzene rings is 2. The van der Waals surface area contributed by atoms with Gasteiger partial charge in [0.1, 0.15) is 0 Å². The Bertz CT molecular complexity index is 524. The van der Waals surface area contributed by atoms with E-state index < -0.39 is 0 Å². The highest BCUT2D eigenvalue weighted by Gasteiger charge is 2.32. The van der Waals surface area contributed by atoms with Crippen molar-refractivity contribution in [1.29, 1.82) is 0 Å². The largest absolute Gasteiger partial charge is 0.321 e. The lowest BCUT2D eigenvalue weighted by atomic mass is 9.84. The van der Waals surface area contributed by atoms with Gasteiger partial charge in [-0.1, -0.05) is 67.4 Å². The van der Waals surface area contributed by atoms with Crippen LogP contribution in [0.2, 0.25) is 0 Å². The minimum atomic E-state index is -0.119. The summed E-state index contributed by atoms with van der Waals surface area (Å²) in [6.45, 7) is 0. The molecule has 1 aliphatic carbocycles. The summed E-state index contributed by atoms with van der Waals surface area (Å²) in [5.74, 6) is 0. The fourth-order valence-corrected chi connectivity index (χ4v) is 3.06. The lowest BCUT2D eigenvalue weighted by Gasteiger charge is -2.27. The van der Waals surface area contributed by atoms with Gasteiger partial charge in [-0.25, -0.2) is 0 Å². The van der Waals surface area contributed by atoms with Gasteiger partial charge >= 0.3 is 0 Å². The second-order valence-electron chi connectivity index (χ2n) is 5.27. The summed E-state index contributed by atoms with van der Waals surface area (Å²) >= 11 is 0. The zero-order chi connectivity index (χ0) is 12.4. The van der Waals surface area contributed by atoms with Crippen LogP contribution in [-0.2, 0) is 5.54 Å². The highest BCUT2D eigenvalue weighted by molar-refractivity contribution is 5.68. The van der Waals surface area contributed by atoms with Crippen LogP contribution in [-0.4, -0.2) is 0 Å². The molecule has 0 atom stereocenters. The Hall–Kier alpha value is -1.60. The maximum absolute atomic E-state index is 6.62. The minimum Gasteiger partial charge on any atom is -0.321 e. The Kier molecular flexibility index (Phi) is 2.92. The van der Waals surface area contributed by atoms with Crippen molar-refractivity contribution in [3.8, 4) is 11.1 Å². The summed E-state index contributed by atoms with van der Waals surface area (Å²) in [7, 11) is 0. The van der Waals surface area contributed by atoms with Crippen molar-refractivity contribution in [3.63, 3.8) is 0 Å². The first-order chi connectivity index (χ1) is 8.80. The third-order valence-corrected chi connectivity index (χ3v) is 4.04. The topological polar surface area (TPSA) is 26.0 Å². The van der Waals surface area contributed by atoms with E-state index in [4.69, 9.17) is 5.73 Å². The van der Waals surface area contributed by atoms with Gasteiger partial charge in [-0.2, -0.15) is 0 Å². The van der Waals surface area contributed by atoms with Crippen LogP contribution in [0.1, 0.15) is 31.2 Å². The molecule has 1 saturated carbocycles. The second kappa shape index (κ2) is 4.58. The Balaban J connectivity index is 2.11. The molecule has 0 saturated heterocycles. The van der Waals surface area contributed by atoms with Gasteiger partial charge in [0.2, 0.25) is 0 Å². The molecule has 2 aromatic rings. The van der Waals surface area contributed by atoms with E-state index in [1.54, 1.807) is 0 Å². The molecule has 0 aliphatic heterocycles. The first kappa shape index (κ1) is 11.5. The molecule has 2 N–H and O–H groups in total. The van der Waals surface area contributed by atoms with Crippen LogP contribution in [0.3, 0.4) is 0 Å². The van der Waals surface area contributed by atoms with Gasteiger partial charge < -0.3 is 5.73 Å². The van der Waals surface area contributed by atoms with E-state index in [1.807, 2.05) is 0 Å². The van der Waals surface area contributed by atoms with Crippen molar-refractivity contribution in [2.75, 3.05) is 0 Å². The first-order valence-electron chi connectivity index (χ1n) is 6.73. The molecule has 0 radical (unpaired) electrons. The maximum atomic E-state index is 6.62. The summed E-state index contributed by atoms with van der Waals surface area (Å²) < 4.78 is 0. The molecule has 0 bridgehead atoms. The van der Waals surface area contributed by atoms with E-state index in [0.717, 1.165) is 12.8 Å². The van der Waals surface area contributed by atoms with Crippen molar-refractivity contribution in [3.05, 3.63) is 60.2 Å². The van der Waals surface area contributed by atoms with Gasteiger partial charge in [-0.15, -0.1) is 0 Å². The van der Waals surface area contributed by atoms with Crippen molar-refractivity contribution in [1.82, 2.24) is 0 Å². The minimum absolute atomic E-state index is 0.119. The van der Waals surface area contributed by atoms with Crippen LogP contribution in [0.15, 0.2) is 54.6 Å². The fourth-order valence-electron chi connectivity index (χ4n) is 3.06. The van der Waals surface area contributed by atoms with Gasteiger partial charge in [-0.05, 0) is 29.5 Å². The molecule has 1 fully saturated rings.